The number of amides is 2. The molecule has 0 saturated heterocycles. The maximum atomic E-state index is 11.9. The summed E-state index contributed by atoms with van der Waals surface area (Å²) in [4.78, 5) is 24.3. The van der Waals surface area contributed by atoms with Gasteiger partial charge in [-0.2, -0.15) is 9.90 Å². The summed E-state index contributed by atoms with van der Waals surface area (Å²) in [6, 6.07) is 7.25. The van der Waals surface area contributed by atoms with Crippen LogP contribution in [0.1, 0.15) is 12.5 Å². The van der Waals surface area contributed by atoms with Crippen molar-refractivity contribution in [2.24, 2.45) is 0 Å². The Morgan fingerprint density at radius 3 is 2.87 bits per heavy atom. The second-order valence-electron chi connectivity index (χ2n) is 4.47. The van der Waals surface area contributed by atoms with Gasteiger partial charge in [0.1, 0.15) is 6.54 Å². The Morgan fingerprint density at radius 1 is 1.35 bits per heavy atom. The van der Waals surface area contributed by atoms with Gasteiger partial charge in [0.15, 0.2) is 5.82 Å². The Morgan fingerprint density at radius 2 is 2.13 bits per heavy atom. The molecule has 0 atom stereocenters. The Hall–Kier alpha value is -2.61. The van der Waals surface area contributed by atoms with Crippen molar-refractivity contribution in [2.75, 3.05) is 11.9 Å². The lowest BCUT2D eigenvalue weighted by molar-refractivity contribution is -0.122. The number of anilines is 1. The largest absolute Gasteiger partial charge is 0.450 e. The van der Waals surface area contributed by atoms with Crippen LogP contribution in [0.15, 0.2) is 30.5 Å². The first-order chi connectivity index (χ1) is 11.1. The molecule has 8 nitrogen and oxygen atoms in total. The number of ether oxygens (including phenoxy) is 1. The van der Waals surface area contributed by atoms with Crippen molar-refractivity contribution in [1.29, 1.82) is 0 Å². The predicted molar refractivity (Wildman–Crippen MR) is 84.0 cm³/mol. The zero-order valence-corrected chi connectivity index (χ0v) is 13.2. The van der Waals surface area contributed by atoms with Crippen molar-refractivity contribution in [1.82, 2.24) is 20.3 Å². The zero-order valence-electron chi connectivity index (χ0n) is 12.5. The molecule has 0 unspecified atom stereocenters. The van der Waals surface area contributed by atoms with Crippen LogP contribution in [0.4, 0.5) is 10.6 Å². The summed E-state index contributed by atoms with van der Waals surface area (Å²) in [6.45, 7) is 2.19. The fourth-order valence-corrected chi connectivity index (χ4v) is 1.93. The highest BCUT2D eigenvalue weighted by Crippen LogP contribution is 2.14. The van der Waals surface area contributed by atoms with E-state index in [1.54, 1.807) is 13.0 Å². The van der Waals surface area contributed by atoms with Gasteiger partial charge in [-0.25, -0.2) is 4.79 Å². The summed E-state index contributed by atoms with van der Waals surface area (Å²) in [5, 5.41) is 13.6. The molecule has 0 fully saturated rings. The standard InChI is InChI=1S/C14H16ClN5O3/c1-2-23-14(22)18-12-8-17-20(19-12)9-13(21)16-7-10-5-3-4-6-11(10)15/h3-6,8H,2,7,9H2,1H3,(H,16,21)(H,18,19,22). The van der Waals surface area contributed by atoms with Gasteiger partial charge in [-0.3, -0.25) is 10.1 Å². The molecular formula is C14H16ClN5O3. The minimum absolute atomic E-state index is 0.0744. The first kappa shape index (κ1) is 16.8. The van der Waals surface area contributed by atoms with Gasteiger partial charge >= 0.3 is 6.09 Å². The number of carbonyl (C=O) groups is 2. The summed E-state index contributed by atoms with van der Waals surface area (Å²) < 4.78 is 4.72. The van der Waals surface area contributed by atoms with Crippen LogP contribution in [0.3, 0.4) is 0 Å². The molecule has 2 amide bonds. The fourth-order valence-electron chi connectivity index (χ4n) is 1.72. The lowest BCUT2D eigenvalue weighted by Crippen LogP contribution is -2.28. The van der Waals surface area contributed by atoms with E-state index < -0.39 is 6.09 Å². The van der Waals surface area contributed by atoms with E-state index in [2.05, 4.69) is 20.8 Å². The molecular weight excluding hydrogens is 322 g/mol. The molecule has 9 heteroatoms. The third-order valence-corrected chi connectivity index (χ3v) is 3.13. The van der Waals surface area contributed by atoms with Gasteiger partial charge in [0, 0.05) is 11.6 Å². The van der Waals surface area contributed by atoms with E-state index in [0.29, 0.717) is 11.6 Å². The summed E-state index contributed by atoms with van der Waals surface area (Å²) in [7, 11) is 0. The summed E-state index contributed by atoms with van der Waals surface area (Å²) in [5.41, 5.74) is 0.820. The molecule has 1 aromatic carbocycles. The second-order valence-corrected chi connectivity index (χ2v) is 4.88. The molecule has 23 heavy (non-hydrogen) atoms. The summed E-state index contributed by atoms with van der Waals surface area (Å²) in [5.74, 6) is -0.0643. The van der Waals surface area contributed by atoms with Crippen LogP contribution < -0.4 is 10.6 Å². The average molecular weight is 338 g/mol. The molecule has 0 spiro atoms. The molecule has 2 rings (SSSR count). The van der Waals surface area contributed by atoms with Crippen molar-refractivity contribution in [3.05, 3.63) is 41.0 Å². The number of rotatable bonds is 6. The van der Waals surface area contributed by atoms with E-state index in [-0.39, 0.29) is 24.9 Å². The van der Waals surface area contributed by atoms with Crippen molar-refractivity contribution < 1.29 is 14.3 Å². The Kier molecular flexibility index (Phi) is 5.93. The number of nitrogens with one attached hydrogen (secondary N) is 2. The third kappa shape index (κ3) is 5.26. The summed E-state index contributed by atoms with van der Waals surface area (Å²) >= 11 is 6.01. The number of hydrogen-bond acceptors (Lipinski definition) is 5. The van der Waals surface area contributed by atoms with E-state index in [1.165, 1.54) is 11.0 Å². The number of benzene rings is 1. The van der Waals surface area contributed by atoms with Gasteiger partial charge in [0.2, 0.25) is 5.91 Å². The van der Waals surface area contributed by atoms with Crippen molar-refractivity contribution >= 4 is 29.4 Å². The SMILES string of the molecule is CCOC(=O)Nc1cnn(CC(=O)NCc2ccccc2Cl)n1. The number of aromatic nitrogens is 3. The van der Waals surface area contributed by atoms with Gasteiger partial charge in [-0.15, -0.1) is 5.10 Å². The molecule has 0 aliphatic carbocycles. The minimum Gasteiger partial charge on any atom is -0.450 e. The normalized spacial score (nSPS) is 10.2. The molecule has 2 N–H and O–H groups in total. The van der Waals surface area contributed by atoms with Crippen LogP contribution in [-0.4, -0.2) is 33.6 Å². The lowest BCUT2D eigenvalue weighted by Gasteiger charge is -2.06. The molecule has 1 aromatic heterocycles. The first-order valence-electron chi connectivity index (χ1n) is 6.92. The van der Waals surface area contributed by atoms with E-state index in [4.69, 9.17) is 16.3 Å². The monoisotopic (exact) mass is 337 g/mol. The van der Waals surface area contributed by atoms with Crippen LogP contribution in [0.2, 0.25) is 5.02 Å². The van der Waals surface area contributed by atoms with Gasteiger partial charge in [-0.05, 0) is 18.6 Å². The first-order valence-corrected chi connectivity index (χ1v) is 7.30. The highest BCUT2D eigenvalue weighted by molar-refractivity contribution is 6.31. The number of nitrogens with zero attached hydrogens (tertiary/aromatic N) is 3. The Balaban J connectivity index is 1.82. The van der Waals surface area contributed by atoms with Crippen LogP contribution in [-0.2, 0) is 22.6 Å². The molecule has 122 valence electrons. The van der Waals surface area contributed by atoms with Crippen molar-refractivity contribution in [3.63, 3.8) is 0 Å². The number of halogens is 1. The van der Waals surface area contributed by atoms with Crippen molar-refractivity contribution in [3.8, 4) is 0 Å². The van der Waals surface area contributed by atoms with Crippen LogP contribution in [0, 0.1) is 0 Å². The second kappa shape index (κ2) is 8.14. The van der Waals surface area contributed by atoms with Crippen molar-refractivity contribution in [2.45, 2.75) is 20.0 Å². The number of hydrogen-bond donors (Lipinski definition) is 2. The van der Waals surface area contributed by atoms with E-state index in [9.17, 15) is 9.59 Å². The van der Waals surface area contributed by atoms with Crippen LogP contribution in [0.25, 0.3) is 0 Å². The Bertz CT molecular complexity index is 689. The van der Waals surface area contributed by atoms with E-state index >= 15 is 0 Å². The topological polar surface area (TPSA) is 98.1 Å². The molecule has 0 aliphatic rings. The quantitative estimate of drug-likeness (QED) is 0.837. The lowest BCUT2D eigenvalue weighted by atomic mass is 10.2. The molecule has 2 aromatic rings. The Labute approximate surface area is 137 Å². The van der Waals surface area contributed by atoms with Gasteiger partial charge in [0.05, 0.1) is 12.8 Å². The van der Waals surface area contributed by atoms with E-state index in [0.717, 1.165) is 5.56 Å². The highest BCUT2D eigenvalue weighted by atomic mass is 35.5. The fraction of sp³-hybridized carbons (Fsp3) is 0.286. The molecule has 0 bridgehead atoms. The van der Waals surface area contributed by atoms with Gasteiger partial charge in [0.25, 0.3) is 0 Å². The smallest absolute Gasteiger partial charge is 0.412 e. The summed E-state index contributed by atoms with van der Waals surface area (Å²) in [6.07, 6.45) is 0.709. The molecule has 0 radical (unpaired) electrons. The number of carbonyl (C=O) groups excluding carboxylic acids is 2. The van der Waals surface area contributed by atoms with Gasteiger partial charge in [-0.1, -0.05) is 29.8 Å². The maximum Gasteiger partial charge on any atom is 0.412 e. The van der Waals surface area contributed by atoms with E-state index in [1.807, 2.05) is 18.2 Å². The molecule has 1 heterocycles. The third-order valence-electron chi connectivity index (χ3n) is 2.76. The van der Waals surface area contributed by atoms with Crippen LogP contribution in [0.5, 0.6) is 0 Å². The predicted octanol–water partition coefficient (Wildman–Crippen LogP) is 1.82. The zero-order chi connectivity index (χ0) is 16.7. The molecule has 0 saturated carbocycles. The minimum atomic E-state index is -0.622. The van der Waals surface area contributed by atoms with Gasteiger partial charge < -0.3 is 10.1 Å². The van der Waals surface area contributed by atoms with Crippen LogP contribution >= 0.6 is 11.6 Å². The molecule has 0 aliphatic heterocycles. The highest BCUT2D eigenvalue weighted by Gasteiger charge is 2.09. The average Bonchev–Trinajstić information content (AvgIpc) is 2.93. The maximum absolute atomic E-state index is 11.9.